The monoisotopic (exact) mass is 388 g/mol. The van der Waals surface area contributed by atoms with E-state index in [1.54, 1.807) is 0 Å². The molecule has 2 fully saturated rings. The highest BCUT2D eigenvalue weighted by molar-refractivity contribution is 5.82. The van der Waals surface area contributed by atoms with Crippen LogP contribution in [0, 0.1) is 6.92 Å². The number of piperazine rings is 1. The maximum absolute atomic E-state index is 12.8. The van der Waals surface area contributed by atoms with Gasteiger partial charge in [0, 0.05) is 51.5 Å². The molecule has 0 aliphatic carbocycles. The van der Waals surface area contributed by atoms with Crippen molar-refractivity contribution in [1.82, 2.24) is 14.7 Å². The van der Waals surface area contributed by atoms with Gasteiger partial charge in [0.05, 0.1) is 26.3 Å². The number of aryl methyl sites for hydroxylation is 1. The van der Waals surface area contributed by atoms with Gasteiger partial charge >= 0.3 is 0 Å². The third-order valence-electron chi connectivity index (χ3n) is 5.61. The van der Waals surface area contributed by atoms with E-state index in [0.29, 0.717) is 52.5 Å². The first-order valence-electron chi connectivity index (χ1n) is 10.2. The van der Waals surface area contributed by atoms with Gasteiger partial charge < -0.3 is 19.4 Å². The molecule has 1 aromatic carbocycles. The lowest BCUT2D eigenvalue weighted by molar-refractivity contribution is -0.137. The summed E-state index contributed by atoms with van der Waals surface area (Å²) >= 11 is 0. The number of nitrogens with zero attached hydrogens (tertiary/aromatic N) is 4. The smallest absolute Gasteiger partial charge is 0.242 e. The molecule has 7 nitrogen and oxygen atoms in total. The molecular formula is C21H32N4O3. The number of hydrogen-bond acceptors (Lipinski definition) is 5. The van der Waals surface area contributed by atoms with E-state index >= 15 is 0 Å². The Hall–Kier alpha value is -2.12. The highest BCUT2D eigenvalue weighted by atomic mass is 16.5. The van der Waals surface area contributed by atoms with Crippen LogP contribution in [-0.4, -0.2) is 98.6 Å². The summed E-state index contributed by atoms with van der Waals surface area (Å²) in [6.45, 7) is 11.3. The second-order valence-electron chi connectivity index (χ2n) is 7.45. The summed E-state index contributed by atoms with van der Waals surface area (Å²) in [5.41, 5.74) is 2.30. The lowest BCUT2D eigenvalue weighted by atomic mass is 10.2. The van der Waals surface area contributed by atoms with E-state index in [2.05, 4.69) is 35.8 Å². The van der Waals surface area contributed by atoms with Crippen LogP contribution in [-0.2, 0) is 14.3 Å². The van der Waals surface area contributed by atoms with Crippen molar-refractivity contribution in [2.75, 3.05) is 77.0 Å². The van der Waals surface area contributed by atoms with Gasteiger partial charge in [-0.25, -0.2) is 0 Å². The minimum atomic E-state index is 0.157. The predicted octanol–water partition coefficient (Wildman–Crippen LogP) is 0.824. The van der Waals surface area contributed by atoms with Gasteiger partial charge in [0.1, 0.15) is 0 Å². The van der Waals surface area contributed by atoms with Gasteiger partial charge in [0.15, 0.2) is 0 Å². The summed E-state index contributed by atoms with van der Waals surface area (Å²) in [4.78, 5) is 33.3. The Bertz CT molecular complexity index is 667. The molecule has 2 heterocycles. The van der Waals surface area contributed by atoms with Crippen LogP contribution in [0.15, 0.2) is 24.3 Å². The molecule has 2 aliphatic heterocycles. The number of benzene rings is 1. The van der Waals surface area contributed by atoms with Crippen molar-refractivity contribution in [3.63, 3.8) is 0 Å². The summed E-state index contributed by atoms with van der Waals surface area (Å²) in [5, 5.41) is 0. The van der Waals surface area contributed by atoms with E-state index < -0.39 is 0 Å². The minimum Gasteiger partial charge on any atom is -0.378 e. The second kappa shape index (κ2) is 9.89. The fourth-order valence-electron chi connectivity index (χ4n) is 3.81. The van der Waals surface area contributed by atoms with Crippen LogP contribution in [0.4, 0.5) is 5.69 Å². The maximum Gasteiger partial charge on any atom is 0.242 e. The van der Waals surface area contributed by atoms with Gasteiger partial charge in [-0.15, -0.1) is 0 Å². The van der Waals surface area contributed by atoms with Gasteiger partial charge in [-0.05, 0) is 25.5 Å². The van der Waals surface area contributed by atoms with Gasteiger partial charge in [-0.3, -0.25) is 14.5 Å². The SMILES string of the molecule is CCN(CC(=O)N1CCN(CC(=O)N2CCOCC2)CC1)c1ccccc1C. The fourth-order valence-corrected chi connectivity index (χ4v) is 3.81. The van der Waals surface area contributed by atoms with Crippen LogP contribution < -0.4 is 4.90 Å². The Balaban J connectivity index is 1.46. The second-order valence-corrected chi connectivity index (χ2v) is 7.45. The number of carbonyl (C=O) groups excluding carboxylic acids is 2. The molecule has 154 valence electrons. The number of rotatable bonds is 6. The maximum atomic E-state index is 12.8. The number of para-hydroxylation sites is 1. The van der Waals surface area contributed by atoms with Crippen molar-refractivity contribution in [3.8, 4) is 0 Å². The van der Waals surface area contributed by atoms with Crippen LogP contribution in [0.3, 0.4) is 0 Å². The topological polar surface area (TPSA) is 56.3 Å². The lowest BCUT2D eigenvalue weighted by Crippen LogP contribution is -2.54. The largest absolute Gasteiger partial charge is 0.378 e. The zero-order valence-electron chi connectivity index (χ0n) is 17.1. The summed E-state index contributed by atoms with van der Waals surface area (Å²) in [6.07, 6.45) is 0. The first kappa shape index (κ1) is 20.6. The summed E-state index contributed by atoms with van der Waals surface area (Å²) in [6, 6.07) is 8.18. The molecule has 0 unspecified atom stereocenters. The molecule has 0 saturated carbocycles. The first-order chi connectivity index (χ1) is 13.6. The molecule has 7 heteroatoms. The van der Waals surface area contributed by atoms with Gasteiger partial charge in [-0.2, -0.15) is 0 Å². The normalized spacial score (nSPS) is 18.2. The van der Waals surface area contributed by atoms with E-state index in [-0.39, 0.29) is 11.8 Å². The van der Waals surface area contributed by atoms with Crippen molar-refractivity contribution < 1.29 is 14.3 Å². The Morgan fingerprint density at radius 2 is 1.61 bits per heavy atom. The van der Waals surface area contributed by atoms with Crippen molar-refractivity contribution in [2.45, 2.75) is 13.8 Å². The summed E-state index contributed by atoms with van der Waals surface area (Å²) in [5.74, 6) is 0.323. The molecule has 3 rings (SSSR count). The van der Waals surface area contributed by atoms with Crippen LogP contribution in [0.2, 0.25) is 0 Å². The number of amides is 2. The third kappa shape index (κ3) is 5.23. The molecule has 0 aromatic heterocycles. The van der Waals surface area contributed by atoms with E-state index in [1.165, 1.54) is 5.56 Å². The summed E-state index contributed by atoms with van der Waals surface area (Å²) in [7, 11) is 0. The molecule has 28 heavy (non-hydrogen) atoms. The van der Waals surface area contributed by atoms with Gasteiger partial charge in [0.2, 0.25) is 11.8 Å². The fraction of sp³-hybridized carbons (Fsp3) is 0.619. The van der Waals surface area contributed by atoms with Crippen LogP contribution in [0.25, 0.3) is 0 Å². The molecule has 0 atom stereocenters. The molecule has 0 radical (unpaired) electrons. The molecule has 2 aliphatic rings. The zero-order valence-corrected chi connectivity index (χ0v) is 17.1. The Labute approximate surface area is 167 Å². The lowest BCUT2D eigenvalue weighted by Gasteiger charge is -2.37. The third-order valence-corrected chi connectivity index (χ3v) is 5.61. The highest BCUT2D eigenvalue weighted by Crippen LogP contribution is 2.19. The molecule has 2 saturated heterocycles. The molecule has 2 amide bonds. The highest BCUT2D eigenvalue weighted by Gasteiger charge is 2.25. The van der Waals surface area contributed by atoms with E-state index in [0.717, 1.165) is 25.3 Å². The molecule has 1 aromatic rings. The van der Waals surface area contributed by atoms with Crippen molar-refractivity contribution in [3.05, 3.63) is 29.8 Å². The average molecular weight is 389 g/mol. The van der Waals surface area contributed by atoms with Crippen LogP contribution in [0.5, 0.6) is 0 Å². The van der Waals surface area contributed by atoms with Crippen molar-refractivity contribution in [2.24, 2.45) is 0 Å². The Kier molecular flexibility index (Phi) is 7.28. The van der Waals surface area contributed by atoms with E-state index in [4.69, 9.17) is 4.74 Å². The number of morpholine rings is 1. The number of carbonyl (C=O) groups is 2. The summed E-state index contributed by atoms with van der Waals surface area (Å²) < 4.78 is 5.30. The molecule has 0 spiro atoms. The Morgan fingerprint density at radius 1 is 0.964 bits per heavy atom. The number of anilines is 1. The first-order valence-corrected chi connectivity index (χ1v) is 10.2. The predicted molar refractivity (Wildman–Crippen MR) is 109 cm³/mol. The molecule has 0 bridgehead atoms. The van der Waals surface area contributed by atoms with Gasteiger partial charge in [0.25, 0.3) is 0 Å². The van der Waals surface area contributed by atoms with Crippen LogP contribution in [0.1, 0.15) is 12.5 Å². The van der Waals surface area contributed by atoms with E-state index in [1.807, 2.05) is 21.9 Å². The minimum absolute atomic E-state index is 0.157. The van der Waals surface area contributed by atoms with Crippen molar-refractivity contribution >= 4 is 17.5 Å². The van der Waals surface area contributed by atoms with Crippen LogP contribution >= 0.6 is 0 Å². The van der Waals surface area contributed by atoms with E-state index in [9.17, 15) is 9.59 Å². The van der Waals surface area contributed by atoms with Gasteiger partial charge in [-0.1, -0.05) is 18.2 Å². The number of hydrogen-bond donors (Lipinski definition) is 0. The quantitative estimate of drug-likeness (QED) is 0.722. The zero-order chi connectivity index (χ0) is 19.9. The average Bonchev–Trinajstić information content (AvgIpc) is 2.73. The molecule has 0 N–H and O–H groups in total. The molecular weight excluding hydrogens is 356 g/mol. The Morgan fingerprint density at radius 3 is 2.25 bits per heavy atom. The standard InChI is InChI=1S/C21H32N4O3/c1-3-23(19-7-5-4-6-18(19)2)17-21(27)24-10-8-22(9-11-24)16-20(26)25-12-14-28-15-13-25/h4-7H,3,8-17H2,1-2H3. The number of likely N-dealkylation sites (N-methyl/N-ethyl adjacent to an activating group) is 1. The number of ether oxygens (including phenoxy) is 1. The van der Waals surface area contributed by atoms with Crippen molar-refractivity contribution in [1.29, 1.82) is 0 Å².